The molecular formula is C11H16N2O5S. The third kappa shape index (κ3) is 2.51. The summed E-state index contributed by atoms with van der Waals surface area (Å²) >= 11 is 0. The number of carbonyl (C=O) groups is 1. The normalized spacial score (nSPS) is 20.3. The highest BCUT2D eigenvalue weighted by Gasteiger charge is 2.40. The Labute approximate surface area is 111 Å². The first-order chi connectivity index (χ1) is 8.75. The van der Waals surface area contributed by atoms with E-state index < -0.39 is 21.5 Å². The minimum absolute atomic E-state index is 0.0418. The molecule has 1 aromatic rings. The molecule has 2 N–H and O–H groups in total. The van der Waals surface area contributed by atoms with Gasteiger partial charge in [-0.25, -0.2) is 13.2 Å². The maximum absolute atomic E-state index is 12.5. The number of morpholine rings is 1. The van der Waals surface area contributed by atoms with E-state index in [1.54, 1.807) is 13.8 Å². The van der Waals surface area contributed by atoms with E-state index in [1.165, 1.54) is 10.5 Å². The second-order valence-electron chi connectivity index (χ2n) is 5.00. The van der Waals surface area contributed by atoms with Crippen LogP contribution in [0.3, 0.4) is 0 Å². The van der Waals surface area contributed by atoms with Crippen LogP contribution in [0.25, 0.3) is 0 Å². The zero-order valence-electron chi connectivity index (χ0n) is 10.7. The van der Waals surface area contributed by atoms with Gasteiger partial charge in [-0.1, -0.05) is 0 Å². The second kappa shape index (κ2) is 4.62. The minimum atomic E-state index is -3.72. The average Bonchev–Trinajstić information content (AvgIpc) is 2.77. The highest BCUT2D eigenvalue weighted by molar-refractivity contribution is 7.89. The smallest absolute Gasteiger partial charge is 0.352 e. The van der Waals surface area contributed by atoms with Crippen LogP contribution in [-0.4, -0.2) is 54.1 Å². The zero-order chi connectivity index (χ0) is 14.3. The average molecular weight is 288 g/mol. The summed E-state index contributed by atoms with van der Waals surface area (Å²) in [6.07, 6.45) is 1.20. The van der Waals surface area contributed by atoms with Crippen molar-refractivity contribution in [3.8, 4) is 0 Å². The number of carboxylic acids is 1. The zero-order valence-corrected chi connectivity index (χ0v) is 11.5. The van der Waals surface area contributed by atoms with Crippen molar-refractivity contribution in [1.82, 2.24) is 9.29 Å². The molecule has 1 aromatic heterocycles. The number of sulfonamides is 1. The third-order valence-electron chi connectivity index (χ3n) is 3.04. The van der Waals surface area contributed by atoms with Gasteiger partial charge in [-0.15, -0.1) is 0 Å². The first-order valence-electron chi connectivity index (χ1n) is 5.77. The molecule has 0 aromatic carbocycles. The summed E-state index contributed by atoms with van der Waals surface area (Å²) in [6, 6.07) is 1.13. The van der Waals surface area contributed by atoms with Gasteiger partial charge in [0, 0.05) is 12.7 Å². The van der Waals surface area contributed by atoms with Crippen LogP contribution < -0.4 is 0 Å². The van der Waals surface area contributed by atoms with Crippen molar-refractivity contribution < 1.29 is 23.1 Å². The molecule has 2 heterocycles. The molecule has 0 unspecified atom stereocenters. The molecule has 2 rings (SSSR count). The van der Waals surface area contributed by atoms with Gasteiger partial charge in [0.25, 0.3) is 0 Å². The van der Waals surface area contributed by atoms with E-state index in [0.717, 1.165) is 6.07 Å². The van der Waals surface area contributed by atoms with Gasteiger partial charge in [0.15, 0.2) is 0 Å². The Balaban J connectivity index is 2.38. The van der Waals surface area contributed by atoms with E-state index in [2.05, 4.69) is 4.98 Å². The fraction of sp³-hybridized carbons (Fsp3) is 0.545. The summed E-state index contributed by atoms with van der Waals surface area (Å²) in [5.74, 6) is -1.19. The number of rotatable bonds is 3. The maximum Gasteiger partial charge on any atom is 0.352 e. The third-order valence-corrected chi connectivity index (χ3v) is 5.13. The number of hydrogen-bond acceptors (Lipinski definition) is 4. The number of aromatic carboxylic acids is 1. The summed E-state index contributed by atoms with van der Waals surface area (Å²) in [6.45, 7) is 4.44. The molecule has 0 amide bonds. The number of hydrogen-bond donors (Lipinski definition) is 2. The fourth-order valence-corrected chi connectivity index (χ4v) is 3.81. The lowest BCUT2D eigenvalue weighted by Gasteiger charge is -2.40. The van der Waals surface area contributed by atoms with Crippen LogP contribution >= 0.6 is 0 Å². The van der Waals surface area contributed by atoms with E-state index in [1.807, 2.05) is 0 Å². The van der Waals surface area contributed by atoms with Crippen LogP contribution in [0.4, 0.5) is 0 Å². The van der Waals surface area contributed by atoms with E-state index in [0.29, 0.717) is 13.2 Å². The topological polar surface area (TPSA) is 99.7 Å². The second-order valence-corrected chi connectivity index (χ2v) is 6.86. The number of ether oxygens (including phenoxy) is 1. The van der Waals surface area contributed by atoms with Crippen molar-refractivity contribution in [2.45, 2.75) is 24.3 Å². The summed E-state index contributed by atoms with van der Waals surface area (Å²) in [7, 11) is -3.72. The van der Waals surface area contributed by atoms with Gasteiger partial charge in [0.1, 0.15) is 10.6 Å². The van der Waals surface area contributed by atoms with Crippen LogP contribution in [0.1, 0.15) is 24.3 Å². The summed E-state index contributed by atoms with van der Waals surface area (Å²) < 4.78 is 31.6. The summed E-state index contributed by atoms with van der Waals surface area (Å²) in [5.41, 5.74) is -0.804. The Bertz CT molecular complexity index is 590. The molecule has 1 aliphatic heterocycles. The lowest BCUT2D eigenvalue weighted by molar-refractivity contribution is -0.00770. The van der Waals surface area contributed by atoms with Gasteiger partial charge in [-0.05, 0) is 19.9 Å². The van der Waals surface area contributed by atoms with Crippen molar-refractivity contribution >= 4 is 16.0 Å². The largest absolute Gasteiger partial charge is 0.477 e. The van der Waals surface area contributed by atoms with E-state index in [-0.39, 0.29) is 17.1 Å². The SMILES string of the molecule is CC1(C)COCCN1S(=O)(=O)c1c[nH]c(C(=O)O)c1. The molecule has 1 saturated heterocycles. The Morgan fingerprint density at radius 2 is 2.21 bits per heavy atom. The summed E-state index contributed by atoms with van der Waals surface area (Å²) in [4.78, 5) is 13.2. The minimum Gasteiger partial charge on any atom is -0.477 e. The van der Waals surface area contributed by atoms with Crippen LogP contribution in [0.15, 0.2) is 17.2 Å². The molecule has 0 bridgehead atoms. The molecule has 0 saturated carbocycles. The first kappa shape index (κ1) is 14.0. The van der Waals surface area contributed by atoms with Crippen LogP contribution in [0, 0.1) is 0 Å². The van der Waals surface area contributed by atoms with Crippen LogP contribution in [0.2, 0.25) is 0 Å². The predicted molar refractivity (Wildman–Crippen MR) is 66.5 cm³/mol. The molecule has 8 heteroatoms. The Kier molecular flexibility index (Phi) is 3.41. The number of aromatic nitrogens is 1. The van der Waals surface area contributed by atoms with Crippen LogP contribution in [-0.2, 0) is 14.8 Å². The highest BCUT2D eigenvalue weighted by Crippen LogP contribution is 2.27. The van der Waals surface area contributed by atoms with Gasteiger partial charge in [0.2, 0.25) is 10.0 Å². The number of H-pyrrole nitrogens is 1. The molecule has 7 nitrogen and oxygen atoms in total. The number of aromatic amines is 1. The number of nitrogens with zero attached hydrogens (tertiary/aromatic N) is 1. The van der Waals surface area contributed by atoms with E-state index in [9.17, 15) is 13.2 Å². The van der Waals surface area contributed by atoms with Crippen molar-refractivity contribution in [1.29, 1.82) is 0 Å². The Morgan fingerprint density at radius 1 is 1.53 bits per heavy atom. The molecule has 106 valence electrons. The first-order valence-corrected chi connectivity index (χ1v) is 7.21. The molecule has 19 heavy (non-hydrogen) atoms. The fourth-order valence-electron chi connectivity index (χ4n) is 2.06. The van der Waals surface area contributed by atoms with Gasteiger partial charge in [-0.2, -0.15) is 4.31 Å². The van der Waals surface area contributed by atoms with Gasteiger partial charge in [0.05, 0.1) is 18.8 Å². The van der Waals surface area contributed by atoms with Crippen molar-refractivity contribution in [3.63, 3.8) is 0 Å². The predicted octanol–water partition coefficient (Wildman–Crippen LogP) is 0.512. The lowest BCUT2D eigenvalue weighted by atomic mass is 10.1. The van der Waals surface area contributed by atoms with E-state index in [4.69, 9.17) is 9.84 Å². The van der Waals surface area contributed by atoms with Crippen molar-refractivity contribution in [3.05, 3.63) is 18.0 Å². The van der Waals surface area contributed by atoms with E-state index >= 15 is 0 Å². The maximum atomic E-state index is 12.5. The Morgan fingerprint density at radius 3 is 2.74 bits per heavy atom. The quantitative estimate of drug-likeness (QED) is 0.844. The molecule has 0 radical (unpaired) electrons. The molecular weight excluding hydrogens is 272 g/mol. The monoisotopic (exact) mass is 288 g/mol. The van der Waals surface area contributed by atoms with Crippen LogP contribution in [0.5, 0.6) is 0 Å². The summed E-state index contributed by atoms with van der Waals surface area (Å²) in [5, 5.41) is 8.82. The van der Waals surface area contributed by atoms with Gasteiger partial charge < -0.3 is 14.8 Å². The molecule has 1 fully saturated rings. The highest BCUT2D eigenvalue weighted by atomic mass is 32.2. The standard InChI is InChI=1S/C11H16N2O5S/c1-11(2)7-18-4-3-13(11)19(16,17)8-5-9(10(14)15)12-6-8/h5-6,12H,3-4,7H2,1-2H3,(H,14,15). The van der Waals surface area contributed by atoms with Gasteiger partial charge in [-0.3, -0.25) is 0 Å². The number of carboxylic acid groups (broad SMARTS) is 1. The van der Waals surface area contributed by atoms with Gasteiger partial charge >= 0.3 is 5.97 Å². The molecule has 0 spiro atoms. The van der Waals surface area contributed by atoms with Crippen molar-refractivity contribution in [2.24, 2.45) is 0 Å². The molecule has 0 atom stereocenters. The lowest BCUT2D eigenvalue weighted by Crippen LogP contribution is -2.55. The van der Waals surface area contributed by atoms with Crippen molar-refractivity contribution in [2.75, 3.05) is 19.8 Å². The Hall–Kier alpha value is -1.38. The molecule has 0 aliphatic carbocycles. The molecule has 1 aliphatic rings. The number of nitrogens with one attached hydrogen (secondary N) is 1.